The number of aromatic hydroxyl groups is 1. The van der Waals surface area contributed by atoms with Gasteiger partial charge in [0.2, 0.25) is 0 Å². The molecule has 0 radical (unpaired) electrons. The largest absolute Gasteiger partial charge is 0.507 e. The summed E-state index contributed by atoms with van der Waals surface area (Å²) in [4.78, 5) is 0. The molecule has 0 amide bonds. The highest BCUT2D eigenvalue weighted by Crippen LogP contribution is 2.35. The minimum absolute atomic E-state index is 0.107. The monoisotopic (exact) mass is 259 g/mol. The fraction of sp³-hybridized carbons (Fsp3) is 0.400. The van der Waals surface area contributed by atoms with E-state index >= 15 is 0 Å². The molecule has 14 heavy (non-hydrogen) atoms. The lowest BCUT2D eigenvalue weighted by atomic mass is 9.99. The molecule has 0 aliphatic carbocycles. The van der Waals surface area contributed by atoms with Gasteiger partial charge in [-0.1, -0.05) is 15.9 Å². The highest BCUT2D eigenvalue weighted by Gasteiger charge is 2.17. The second-order valence-corrected chi connectivity index (χ2v) is 4.17. The second kappa shape index (κ2) is 4.29. The van der Waals surface area contributed by atoms with Gasteiger partial charge in [0.1, 0.15) is 5.75 Å². The van der Waals surface area contributed by atoms with E-state index in [1.54, 1.807) is 6.92 Å². The molecule has 1 aromatic carbocycles. The summed E-state index contributed by atoms with van der Waals surface area (Å²) in [5, 5.41) is 19.4. The smallest absolute Gasteiger partial charge is 0.125 e. The summed E-state index contributed by atoms with van der Waals surface area (Å²) in [6.45, 7) is 3.72. The van der Waals surface area contributed by atoms with Crippen LogP contribution in [0.4, 0.5) is 0 Å². The third-order valence-electron chi connectivity index (χ3n) is 2.29. The van der Waals surface area contributed by atoms with Crippen LogP contribution in [0.3, 0.4) is 0 Å². The van der Waals surface area contributed by atoms with E-state index in [0.29, 0.717) is 5.56 Å². The van der Waals surface area contributed by atoms with Gasteiger partial charge < -0.3 is 15.9 Å². The van der Waals surface area contributed by atoms with Gasteiger partial charge in [-0.3, -0.25) is 0 Å². The third-order valence-corrected chi connectivity index (χ3v) is 3.12. The third kappa shape index (κ3) is 1.92. The number of rotatable bonds is 2. The molecular formula is C10H14BrNO2. The van der Waals surface area contributed by atoms with Crippen molar-refractivity contribution < 1.29 is 10.2 Å². The molecule has 4 N–H and O–H groups in total. The summed E-state index contributed by atoms with van der Waals surface area (Å²) in [6.07, 6.45) is -0.804. The van der Waals surface area contributed by atoms with Gasteiger partial charge in [-0.25, -0.2) is 0 Å². The maximum absolute atomic E-state index is 9.82. The zero-order chi connectivity index (χ0) is 10.9. The van der Waals surface area contributed by atoms with Crippen molar-refractivity contribution in [3.63, 3.8) is 0 Å². The first kappa shape index (κ1) is 11.5. The first-order chi connectivity index (χ1) is 6.49. The van der Waals surface area contributed by atoms with E-state index in [1.807, 2.05) is 13.0 Å². The molecule has 0 aliphatic rings. The number of benzene rings is 1. The number of nitrogens with two attached hydrogens (primary N) is 1. The highest BCUT2D eigenvalue weighted by molar-refractivity contribution is 9.10. The van der Waals surface area contributed by atoms with Gasteiger partial charge in [-0.15, -0.1) is 0 Å². The molecule has 0 heterocycles. The Morgan fingerprint density at radius 1 is 1.50 bits per heavy atom. The number of hydrogen-bond acceptors (Lipinski definition) is 3. The van der Waals surface area contributed by atoms with Crippen LogP contribution in [0.2, 0.25) is 0 Å². The van der Waals surface area contributed by atoms with Crippen LogP contribution >= 0.6 is 15.9 Å². The van der Waals surface area contributed by atoms with E-state index in [1.165, 1.54) is 0 Å². The van der Waals surface area contributed by atoms with Crippen LogP contribution in [-0.4, -0.2) is 16.8 Å². The molecule has 0 aromatic heterocycles. The van der Waals surface area contributed by atoms with Crippen LogP contribution in [0.1, 0.15) is 22.8 Å². The quantitative estimate of drug-likeness (QED) is 0.759. The van der Waals surface area contributed by atoms with Crippen LogP contribution in [-0.2, 0) is 0 Å². The van der Waals surface area contributed by atoms with Gasteiger partial charge >= 0.3 is 0 Å². The Balaban J connectivity index is 3.36. The average Bonchev–Trinajstić information content (AvgIpc) is 2.14. The van der Waals surface area contributed by atoms with Gasteiger partial charge in [0, 0.05) is 22.1 Å². The van der Waals surface area contributed by atoms with Crippen molar-refractivity contribution in [1.82, 2.24) is 0 Å². The molecule has 4 heteroatoms. The van der Waals surface area contributed by atoms with Crippen LogP contribution in [0.5, 0.6) is 5.75 Å². The van der Waals surface area contributed by atoms with Crippen LogP contribution in [0.25, 0.3) is 0 Å². The Bertz CT molecular complexity index is 352. The standard InChI is InChI=1S/C10H14BrNO2/c1-5-3-7(11)6(2)10(14)9(5)8(13)4-12/h3,8,13-14H,4,12H2,1-2H3. The lowest BCUT2D eigenvalue weighted by Gasteiger charge is -2.16. The van der Waals surface area contributed by atoms with Crippen molar-refractivity contribution in [1.29, 1.82) is 0 Å². The summed E-state index contributed by atoms with van der Waals surface area (Å²) in [6, 6.07) is 1.86. The predicted octanol–water partition coefficient (Wildman–Crippen LogP) is 1.76. The predicted molar refractivity (Wildman–Crippen MR) is 59.3 cm³/mol. The maximum atomic E-state index is 9.82. The van der Waals surface area contributed by atoms with Gasteiger partial charge in [0.15, 0.2) is 0 Å². The van der Waals surface area contributed by atoms with Gasteiger partial charge in [0.05, 0.1) is 6.10 Å². The zero-order valence-corrected chi connectivity index (χ0v) is 9.80. The van der Waals surface area contributed by atoms with Gasteiger partial charge in [-0.05, 0) is 25.5 Å². The Labute approximate surface area is 91.7 Å². The van der Waals surface area contributed by atoms with E-state index in [-0.39, 0.29) is 12.3 Å². The van der Waals surface area contributed by atoms with Crippen molar-refractivity contribution in [2.75, 3.05) is 6.54 Å². The average molecular weight is 260 g/mol. The SMILES string of the molecule is Cc1cc(Br)c(C)c(O)c1C(O)CN. The highest BCUT2D eigenvalue weighted by atomic mass is 79.9. The summed E-state index contributed by atoms with van der Waals surface area (Å²) in [5.41, 5.74) is 7.43. The summed E-state index contributed by atoms with van der Waals surface area (Å²) >= 11 is 3.33. The topological polar surface area (TPSA) is 66.5 Å². The van der Waals surface area contributed by atoms with E-state index < -0.39 is 6.10 Å². The fourth-order valence-electron chi connectivity index (χ4n) is 1.42. The Kier molecular flexibility index (Phi) is 3.53. The van der Waals surface area contributed by atoms with Crippen molar-refractivity contribution in [2.45, 2.75) is 20.0 Å². The molecule has 1 rings (SSSR count). The number of halogens is 1. The Hall–Kier alpha value is -0.580. The van der Waals surface area contributed by atoms with Gasteiger partial charge in [-0.2, -0.15) is 0 Å². The van der Waals surface area contributed by atoms with E-state index in [2.05, 4.69) is 15.9 Å². The lowest BCUT2D eigenvalue weighted by molar-refractivity contribution is 0.181. The number of phenolic OH excluding ortho intramolecular Hbond substituents is 1. The minimum atomic E-state index is -0.804. The van der Waals surface area contributed by atoms with Gasteiger partial charge in [0.25, 0.3) is 0 Å². The first-order valence-electron chi connectivity index (χ1n) is 4.35. The minimum Gasteiger partial charge on any atom is -0.507 e. The van der Waals surface area contributed by atoms with Crippen molar-refractivity contribution in [3.05, 3.63) is 27.2 Å². The molecule has 0 fully saturated rings. The number of aliphatic hydroxyl groups excluding tert-OH is 1. The molecule has 0 saturated heterocycles. The Morgan fingerprint density at radius 2 is 2.07 bits per heavy atom. The normalized spacial score (nSPS) is 12.9. The van der Waals surface area contributed by atoms with E-state index in [0.717, 1.165) is 15.6 Å². The Morgan fingerprint density at radius 3 is 2.57 bits per heavy atom. The van der Waals surface area contributed by atoms with Crippen LogP contribution in [0.15, 0.2) is 10.5 Å². The lowest BCUT2D eigenvalue weighted by Crippen LogP contribution is -2.13. The molecule has 0 aliphatic heterocycles. The molecule has 1 atom stereocenters. The van der Waals surface area contributed by atoms with E-state index in [4.69, 9.17) is 5.73 Å². The molecular weight excluding hydrogens is 246 g/mol. The van der Waals surface area contributed by atoms with Crippen LogP contribution in [0, 0.1) is 13.8 Å². The molecule has 0 bridgehead atoms. The maximum Gasteiger partial charge on any atom is 0.125 e. The second-order valence-electron chi connectivity index (χ2n) is 3.31. The van der Waals surface area contributed by atoms with Crippen molar-refractivity contribution in [2.24, 2.45) is 5.73 Å². The van der Waals surface area contributed by atoms with E-state index in [9.17, 15) is 10.2 Å². The zero-order valence-electron chi connectivity index (χ0n) is 8.21. The van der Waals surface area contributed by atoms with Crippen molar-refractivity contribution >= 4 is 15.9 Å². The molecule has 0 spiro atoms. The number of phenols is 1. The summed E-state index contributed by atoms with van der Waals surface area (Å²) in [5.74, 6) is 0.120. The molecule has 1 aromatic rings. The van der Waals surface area contributed by atoms with Crippen molar-refractivity contribution in [3.8, 4) is 5.75 Å². The summed E-state index contributed by atoms with van der Waals surface area (Å²) in [7, 11) is 0. The van der Waals surface area contributed by atoms with Crippen LogP contribution < -0.4 is 5.73 Å². The first-order valence-corrected chi connectivity index (χ1v) is 5.15. The fourth-order valence-corrected chi connectivity index (χ4v) is 1.95. The number of aliphatic hydroxyl groups is 1. The number of hydrogen-bond donors (Lipinski definition) is 3. The molecule has 78 valence electrons. The molecule has 0 saturated carbocycles. The summed E-state index contributed by atoms with van der Waals surface area (Å²) < 4.78 is 0.834. The molecule has 1 unspecified atom stereocenters. The number of aryl methyl sites for hydroxylation is 1. The molecule has 3 nitrogen and oxygen atoms in total.